The summed E-state index contributed by atoms with van der Waals surface area (Å²) in [5.74, 6) is 0.157. The molecule has 1 aromatic heterocycles. The molecule has 0 aliphatic heterocycles. The standard InChI is InChI=1S/C13H17N3O3/c1-2-7-16(13(18)10-4-3-5-10)9-12(17)14-11-6-8-19-15-11/h2,6,8,10H,1,3-5,7,9H2,(H,14,15,17). The Labute approximate surface area is 111 Å². The Morgan fingerprint density at radius 2 is 2.37 bits per heavy atom. The van der Waals surface area contributed by atoms with Gasteiger partial charge in [-0.1, -0.05) is 17.7 Å². The highest BCUT2D eigenvalue weighted by atomic mass is 16.5. The maximum absolute atomic E-state index is 12.1. The Kier molecular flexibility index (Phi) is 4.33. The van der Waals surface area contributed by atoms with Gasteiger partial charge in [-0.05, 0) is 12.8 Å². The minimum Gasteiger partial charge on any atom is -0.363 e. The van der Waals surface area contributed by atoms with E-state index in [1.165, 1.54) is 11.2 Å². The van der Waals surface area contributed by atoms with Gasteiger partial charge in [0, 0.05) is 18.5 Å². The van der Waals surface area contributed by atoms with Crippen LogP contribution >= 0.6 is 0 Å². The number of nitrogens with zero attached hydrogens (tertiary/aromatic N) is 2. The molecule has 1 fully saturated rings. The molecule has 0 unspecified atom stereocenters. The fourth-order valence-electron chi connectivity index (χ4n) is 1.93. The maximum atomic E-state index is 12.1. The summed E-state index contributed by atoms with van der Waals surface area (Å²) in [5, 5.41) is 6.15. The van der Waals surface area contributed by atoms with Crippen molar-refractivity contribution in [2.24, 2.45) is 5.92 Å². The molecule has 1 heterocycles. The smallest absolute Gasteiger partial charge is 0.245 e. The van der Waals surface area contributed by atoms with Gasteiger partial charge in [0.05, 0.1) is 0 Å². The topological polar surface area (TPSA) is 75.4 Å². The molecule has 0 spiro atoms. The summed E-state index contributed by atoms with van der Waals surface area (Å²) in [6.07, 6.45) is 5.91. The van der Waals surface area contributed by atoms with Crippen LogP contribution in [0.3, 0.4) is 0 Å². The minimum absolute atomic E-state index is 0.00815. The average Bonchev–Trinajstić information content (AvgIpc) is 2.78. The van der Waals surface area contributed by atoms with Gasteiger partial charge >= 0.3 is 0 Å². The predicted molar refractivity (Wildman–Crippen MR) is 69.3 cm³/mol. The van der Waals surface area contributed by atoms with Crippen LogP contribution < -0.4 is 5.32 Å². The van der Waals surface area contributed by atoms with Crippen molar-refractivity contribution in [1.82, 2.24) is 10.1 Å². The van der Waals surface area contributed by atoms with Crippen LogP contribution in [-0.2, 0) is 9.59 Å². The summed E-state index contributed by atoms with van der Waals surface area (Å²) in [7, 11) is 0. The molecule has 0 aromatic carbocycles. The Morgan fingerprint density at radius 1 is 1.58 bits per heavy atom. The lowest BCUT2D eigenvalue weighted by molar-refractivity contribution is -0.140. The van der Waals surface area contributed by atoms with E-state index in [9.17, 15) is 9.59 Å². The number of carbonyl (C=O) groups excluding carboxylic acids is 2. The van der Waals surface area contributed by atoms with Crippen molar-refractivity contribution in [3.05, 3.63) is 25.0 Å². The van der Waals surface area contributed by atoms with Crippen molar-refractivity contribution < 1.29 is 14.1 Å². The van der Waals surface area contributed by atoms with E-state index in [1.807, 2.05) is 0 Å². The second-order valence-electron chi connectivity index (χ2n) is 4.57. The SMILES string of the molecule is C=CCN(CC(=O)Nc1ccon1)C(=O)C1CCC1. The summed E-state index contributed by atoms with van der Waals surface area (Å²) in [5.41, 5.74) is 0. The number of hydrogen-bond donors (Lipinski definition) is 1. The normalized spacial score (nSPS) is 14.5. The van der Waals surface area contributed by atoms with Crippen molar-refractivity contribution in [2.45, 2.75) is 19.3 Å². The van der Waals surface area contributed by atoms with E-state index in [0.29, 0.717) is 12.4 Å². The van der Waals surface area contributed by atoms with Crippen LogP contribution in [0.15, 0.2) is 29.5 Å². The van der Waals surface area contributed by atoms with Crippen LogP contribution in [0.2, 0.25) is 0 Å². The Balaban J connectivity index is 1.89. The van der Waals surface area contributed by atoms with Crippen molar-refractivity contribution >= 4 is 17.6 Å². The van der Waals surface area contributed by atoms with E-state index in [2.05, 4.69) is 21.6 Å². The molecule has 19 heavy (non-hydrogen) atoms. The molecule has 6 heteroatoms. The molecule has 6 nitrogen and oxygen atoms in total. The van der Waals surface area contributed by atoms with Gasteiger partial charge in [0.2, 0.25) is 11.8 Å². The van der Waals surface area contributed by atoms with Crippen LogP contribution in [0.5, 0.6) is 0 Å². The zero-order valence-corrected chi connectivity index (χ0v) is 10.7. The third-order valence-electron chi connectivity index (χ3n) is 3.16. The van der Waals surface area contributed by atoms with E-state index < -0.39 is 0 Å². The zero-order chi connectivity index (χ0) is 13.7. The van der Waals surface area contributed by atoms with Crippen LogP contribution in [0, 0.1) is 5.92 Å². The van der Waals surface area contributed by atoms with Crippen molar-refractivity contribution in [1.29, 1.82) is 0 Å². The molecule has 2 amide bonds. The molecular weight excluding hydrogens is 246 g/mol. The first-order valence-corrected chi connectivity index (χ1v) is 6.30. The second kappa shape index (κ2) is 6.17. The van der Waals surface area contributed by atoms with Gasteiger partial charge in [-0.25, -0.2) is 0 Å². The Bertz CT molecular complexity index is 452. The molecule has 1 saturated carbocycles. The number of aromatic nitrogens is 1. The first-order valence-electron chi connectivity index (χ1n) is 6.30. The lowest BCUT2D eigenvalue weighted by Crippen LogP contribution is -2.43. The van der Waals surface area contributed by atoms with Gasteiger partial charge < -0.3 is 14.7 Å². The lowest BCUT2D eigenvalue weighted by atomic mass is 9.84. The molecular formula is C13H17N3O3. The number of rotatable bonds is 6. The molecule has 1 N–H and O–H groups in total. The van der Waals surface area contributed by atoms with Crippen LogP contribution in [0.1, 0.15) is 19.3 Å². The number of anilines is 1. The maximum Gasteiger partial charge on any atom is 0.245 e. The number of carbonyl (C=O) groups is 2. The van der Waals surface area contributed by atoms with E-state index >= 15 is 0 Å². The molecule has 0 radical (unpaired) electrons. The Hall–Kier alpha value is -2.11. The lowest BCUT2D eigenvalue weighted by Gasteiger charge is -2.30. The fraction of sp³-hybridized carbons (Fsp3) is 0.462. The number of amides is 2. The predicted octanol–water partition coefficient (Wildman–Crippen LogP) is 1.43. The van der Waals surface area contributed by atoms with Gasteiger partial charge in [0.1, 0.15) is 12.8 Å². The third kappa shape index (κ3) is 3.43. The van der Waals surface area contributed by atoms with Gasteiger partial charge in [0.25, 0.3) is 0 Å². The van der Waals surface area contributed by atoms with E-state index in [0.717, 1.165) is 19.3 Å². The van der Waals surface area contributed by atoms with Gasteiger partial charge in [0.15, 0.2) is 5.82 Å². The molecule has 102 valence electrons. The minimum atomic E-state index is -0.288. The van der Waals surface area contributed by atoms with Gasteiger partial charge in [-0.2, -0.15) is 0 Å². The van der Waals surface area contributed by atoms with Crippen molar-refractivity contribution in [3.8, 4) is 0 Å². The fourth-order valence-corrected chi connectivity index (χ4v) is 1.93. The van der Waals surface area contributed by atoms with Gasteiger partial charge in [-0.15, -0.1) is 6.58 Å². The molecule has 1 aliphatic rings. The summed E-state index contributed by atoms with van der Waals surface area (Å²) in [6.45, 7) is 4.00. The first kappa shape index (κ1) is 13.3. The van der Waals surface area contributed by atoms with E-state index in [1.54, 1.807) is 12.1 Å². The monoisotopic (exact) mass is 263 g/mol. The largest absolute Gasteiger partial charge is 0.363 e. The van der Waals surface area contributed by atoms with E-state index in [-0.39, 0.29) is 24.3 Å². The summed E-state index contributed by atoms with van der Waals surface area (Å²) in [4.78, 5) is 25.4. The summed E-state index contributed by atoms with van der Waals surface area (Å²) in [6, 6.07) is 1.55. The van der Waals surface area contributed by atoms with Crippen LogP contribution in [-0.4, -0.2) is 35.0 Å². The number of nitrogens with one attached hydrogen (secondary N) is 1. The quantitative estimate of drug-likeness (QED) is 0.788. The average molecular weight is 263 g/mol. The van der Waals surface area contributed by atoms with E-state index in [4.69, 9.17) is 0 Å². The third-order valence-corrected chi connectivity index (χ3v) is 3.16. The Morgan fingerprint density at radius 3 is 2.89 bits per heavy atom. The summed E-state index contributed by atoms with van der Waals surface area (Å²) >= 11 is 0. The molecule has 0 atom stereocenters. The highest BCUT2D eigenvalue weighted by molar-refractivity contribution is 5.94. The molecule has 0 saturated heterocycles. The number of hydrogen-bond acceptors (Lipinski definition) is 4. The molecule has 2 rings (SSSR count). The highest BCUT2D eigenvalue weighted by Crippen LogP contribution is 2.28. The zero-order valence-electron chi connectivity index (χ0n) is 10.7. The van der Waals surface area contributed by atoms with Gasteiger partial charge in [-0.3, -0.25) is 9.59 Å². The van der Waals surface area contributed by atoms with Crippen molar-refractivity contribution in [2.75, 3.05) is 18.4 Å². The molecule has 1 aliphatic carbocycles. The highest BCUT2D eigenvalue weighted by Gasteiger charge is 2.29. The molecule has 1 aromatic rings. The van der Waals surface area contributed by atoms with Crippen LogP contribution in [0.25, 0.3) is 0 Å². The summed E-state index contributed by atoms with van der Waals surface area (Å²) < 4.78 is 4.62. The molecule has 0 bridgehead atoms. The van der Waals surface area contributed by atoms with Crippen molar-refractivity contribution in [3.63, 3.8) is 0 Å². The second-order valence-corrected chi connectivity index (χ2v) is 4.57. The van der Waals surface area contributed by atoms with Crippen LogP contribution in [0.4, 0.5) is 5.82 Å². The first-order chi connectivity index (χ1) is 9.20.